The van der Waals surface area contributed by atoms with E-state index in [1.807, 2.05) is 0 Å². The summed E-state index contributed by atoms with van der Waals surface area (Å²) in [5.74, 6) is 1.81. The number of benzene rings is 1. The van der Waals surface area contributed by atoms with Crippen LogP contribution in [-0.4, -0.2) is 10.7 Å². The zero-order chi connectivity index (χ0) is 15.0. The highest BCUT2D eigenvalue weighted by atomic mass is 19.1. The highest BCUT2D eigenvalue weighted by Gasteiger charge is 2.42. The van der Waals surface area contributed by atoms with Gasteiger partial charge in [-0.15, -0.1) is 0 Å². The Morgan fingerprint density at radius 1 is 1.29 bits per heavy atom. The Bertz CT molecular complexity index is 514. The number of halogens is 1. The average molecular weight is 292 g/mol. The molecule has 1 N–H and O–H groups in total. The van der Waals surface area contributed by atoms with Crippen LogP contribution in [-0.2, 0) is 0 Å². The van der Waals surface area contributed by atoms with Crippen LogP contribution in [0.5, 0.6) is 5.75 Å². The fourth-order valence-corrected chi connectivity index (χ4v) is 3.99. The minimum absolute atomic E-state index is 0.256. The Hall–Kier alpha value is -1.09. The third-order valence-electron chi connectivity index (χ3n) is 5.34. The third kappa shape index (κ3) is 2.94. The number of ether oxygens (including phenoxy) is 1. The lowest BCUT2D eigenvalue weighted by Crippen LogP contribution is -2.40. The van der Waals surface area contributed by atoms with Gasteiger partial charge < -0.3 is 9.84 Å². The van der Waals surface area contributed by atoms with E-state index in [-0.39, 0.29) is 11.4 Å². The third-order valence-corrected chi connectivity index (χ3v) is 5.34. The van der Waals surface area contributed by atoms with E-state index in [0.717, 1.165) is 31.6 Å². The van der Waals surface area contributed by atoms with Crippen molar-refractivity contribution in [2.75, 3.05) is 0 Å². The Morgan fingerprint density at radius 2 is 2.10 bits per heavy atom. The first-order valence-corrected chi connectivity index (χ1v) is 8.16. The summed E-state index contributed by atoms with van der Waals surface area (Å²) in [6.45, 7) is 4.58. The van der Waals surface area contributed by atoms with Gasteiger partial charge in [-0.3, -0.25) is 0 Å². The molecule has 3 atom stereocenters. The molecular weight excluding hydrogens is 267 g/mol. The van der Waals surface area contributed by atoms with Gasteiger partial charge in [0.2, 0.25) is 0 Å². The van der Waals surface area contributed by atoms with E-state index in [0.29, 0.717) is 23.7 Å². The maximum absolute atomic E-state index is 13.3. The summed E-state index contributed by atoms with van der Waals surface area (Å²) in [5, 5.41) is 10.4. The first-order valence-electron chi connectivity index (χ1n) is 8.16. The monoisotopic (exact) mass is 292 g/mol. The van der Waals surface area contributed by atoms with Gasteiger partial charge in [-0.25, -0.2) is 4.39 Å². The zero-order valence-electron chi connectivity index (χ0n) is 12.9. The molecule has 0 aromatic heterocycles. The summed E-state index contributed by atoms with van der Waals surface area (Å²) in [6, 6.07) is 4.48. The predicted octanol–water partition coefficient (Wildman–Crippen LogP) is 4.62. The Morgan fingerprint density at radius 3 is 2.86 bits per heavy atom. The van der Waals surface area contributed by atoms with Crippen LogP contribution in [0.25, 0.3) is 0 Å². The van der Waals surface area contributed by atoms with E-state index in [9.17, 15) is 9.50 Å². The maximum Gasteiger partial charge on any atom is 0.126 e. The summed E-state index contributed by atoms with van der Waals surface area (Å²) < 4.78 is 19.6. The van der Waals surface area contributed by atoms with Gasteiger partial charge in [0.05, 0.1) is 6.10 Å². The Labute approximate surface area is 126 Å². The number of rotatable bonds is 1. The van der Waals surface area contributed by atoms with Crippen LogP contribution < -0.4 is 4.74 Å². The van der Waals surface area contributed by atoms with Gasteiger partial charge in [0.1, 0.15) is 17.2 Å². The SMILES string of the molecule is CC(C)C1CCCC2(CC1)C[C@H](O)c1cc(F)ccc1O2. The van der Waals surface area contributed by atoms with Gasteiger partial charge in [-0.2, -0.15) is 0 Å². The number of aliphatic hydroxyl groups excluding tert-OH is 1. The molecule has 1 aliphatic carbocycles. The summed E-state index contributed by atoms with van der Waals surface area (Å²) >= 11 is 0. The lowest BCUT2D eigenvalue weighted by molar-refractivity contribution is -0.0255. The van der Waals surface area contributed by atoms with Crippen LogP contribution in [0.1, 0.15) is 64.0 Å². The molecule has 1 spiro atoms. The van der Waals surface area contributed by atoms with Crippen LogP contribution in [0.15, 0.2) is 18.2 Å². The molecule has 1 aromatic carbocycles. The first kappa shape index (κ1) is 14.8. The fraction of sp³-hybridized carbons (Fsp3) is 0.667. The molecule has 0 saturated heterocycles. The van der Waals surface area contributed by atoms with E-state index >= 15 is 0 Å². The largest absolute Gasteiger partial charge is 0.487 e. The van der Waals surface area contributed by atoms with Crippen molar-refractivity contribution in [1.82, 2.24) is 0 Å². The van der Waals surface area contributed by atoms with Crippen molar-refractivity contribution in [2.24, 2.45) is 11.8 Å². The second kappa shape index (κ2) is 5.60. The Balaban J connectivity index is 1.82. The van der Waals surface area contributed by atoms with E-state index < -0.39 is 6.10 Å². The van der Waals surface area contributed by atoms with E-state index in [2.05, 4.69) is 13.8 Å². The number of fused-ring (bicyclic) bond motifs is 1. The van der Waals surface area contributed by atoms with Crippen LogP contribution in [0, 0.1) is 17.7 Å². The van der Waals surface area contributed by atoms with Crippen molar-refractivity contribution >= 4 is 0 Å². The minimum Gasteiger partial charge on any atom is -0.487 e. The molecular formula is C18H25FO2. The van der Waals surface area contributed by atoms with Crippen molar-refractivity contribution in [3.63, 3.8) is 0 Å². The first-order chi connectivity index (χ1) is 9.99. The molecule has 21 heavy (non-hydrogen) atoms. The quantitative estimate of drug-likeness (QED) is 0.818. The van der Waals surface area contributed by atoms with Gasteiger partial charge in [0, 0.05) is 12.0 Å². The van der Waals surface area contributed by atoms with Gasteiger partial charge in [0.15, 0.2) is 0 Å². The number of hydrogen-bond acceptors (Lipinski definition) is 2. The topological polar surface area (TPSA) is 29.5 Å². The fourth-order valence-electron chi connectivity index (χ4n) is 3.99. The normalized spacial score (nSPS) is 32.6. The molecule has 116 valence electrons. The highest BCUT2D eigenvalue weighted by Crippen LogP contribution is 2.47. The van der Waals surface area contributed by atoms with Crippen LogP contribution >= 0.6 is 0 Å². The van der Waals surface area contributed by atoms with Crippen molar-refractivity contribution in [3.05, 3.63) is 29.6 Å². The molecule has 1 aromatic rings. The summed E-state index contributed by atoms with van der Waals surface area (Å²) in [4.78, 5) is 0. The van der Waals surface area contributed by atoms with Crippen LogP contribution in [0.4, 0.5) is 4.39 Å². The molecule has 3 heteroatoms. The van der Waals surface area contributed by atoms with E-state index in [4.69, 9.17) is 4.74 Å². The molecule has 1 fully saturated rings. The Kier molecular flexibility index (Phi) is 3.96. The van der Waals surface area contributed by atoms with Gasteiger partial charge >= 0.3 is 0 Å². The maximum atomic E-state index is 13.3. The summed E-state index contributed by atoms with van der Waals surface area (Å²) in [5.41, 5.74) is 0.346. The van der Waals surface area contributed by atoms with Gasteiger partial charge in [0.25, 0.3) is 0 Å². The molecule has 2 aliphatic rings. The molecule has 2 nitrogen and oxygen atoms in total. The summed E-state index contributed by atoms with van der Waals surface area (Å²) in [6.07, 6.45) is 5.50. The summed E-state index contributed by atoms with van der Waals surface area (Å²) in [7, 11) is 0. The smallest absolute Gasteiger partial charge is 0.126 e. The van der Waals surface area contributed by atoms with E-state index in [1.165, 1.54) is 18.6 Å². The second-order valence-corrected chi connectivity index (χ2v) is 7.12. The van der Waals surface area contributed by atoms with Crippen LogP contribution in [0.2, 0.25) is 0 Å². The zero-order valence-corrected chi connectivity index (χ0v) is 12.9. The minimum atomic E-state index is -0.611. The van der Waals surface area contributed by atoms with Gasteiger partial charge in [-0.1, -0.05) is 20.3 Å². The lowest BCUT2D eigenvalue weighted by Gasteiger charge is -2.40. The van der Waals surface area contributed by atoms with Crippen molar-refractivity contribution < 1.29 is 14.2 Å². The number of hydrogen-bond donors (Lipinski definition) is 1. The second-order valence-electron chi connectivity index (χ2n) is 7.12. The molecule has 1 aliphatic heterocycles. The standard InChI is InChI=1S/C18H25FO2/c1-12(2)13-4-3-8-18(9-7-13)11-16(20)15-10-14(19)5-6-17(15)21-18/h5-6,10,12-13,16,20H,3-4,7-9,11H2,1-2H3/t13?,16-,18?/m0/s1. The molecule has 1 heterocycles. The molecule has 0 amide bonds. The van der Waals surface area contributed by atoms with Crippen molar-refractivity contribution in [3.8, 4) is 5.75 Å². The van der Waals surface area contributed by atoms with Crippen molar-refractivity contribution in [1.29, 1.82) is 0 Å². The predicted molar refractivity (Wildman–Crippen MR) is 80.7 cm³/mol. The molecule has 0 radical (unpaired) electrons. The molecule has 2 unspecified atom stereocenters. The van der Waals surface area contributed by atoms with Crippen LogP contribution in [0.3, 0.4) is 0 Å². The molecule has 1 saturated carbocycles. The lowest BCUT2D eigenvalue weighted by atomic mass is 9.82. The highest BCUT2D eigenvalue weighted by molar-refractivity contribution is 5.38. The van der Waals surface area contributed by atoms with Gasteiger partial charge in [-0.05, 0) is 55.7 Å². The average Bonchev–Trinajstić information content (AvgIpc) is 2.63. The number of aliphatic hydroxyl groups is 1. The van der Waals surface area contributed by atoms with E-state index in [1.54, 1.807) is 6.07 Å². The molecule has 0 bridgehead atoms. The molecule has 3 rings (SSSR count). The van der Waals surface area contributed by atoms with Crippen molar-refractivity contribution in [2.45, 2.75) is 64.1 Å².